The summed E-state index contributed by atoms with van der Waals surface area (Å²) in [4.78, 5) is 31.6. The maximum Gasteiger partial charge on any atom is 0.244 e. The molecular formula is C19H22BrN3O2S2. The third-order valence-electron chi connectivity index (χ3n) is 3.96. The van der Waals surface area contributed by atoms with Gasteiger partial charge < -0.3 is 10.2 Å². The van der Waals surface area contributed by atoms with Gasteiger partial charge in [0.15, 0.2) is 0 Å². The van der Waals surface area contributed by atoms with E-state index in [1.807, 2.05) is 50.4 Å². The molecule has 0 radical (unpaired) electrons. The molecule has 0 spiro atoms. The molecule has 0 saturated carbocycles. The van der Waals surface area contributed by atoms with Crippen molar-refractivity contribution in [3.05, 3.63) is 39.8 Å². The van der Waals surface area contributed by atoms with Crippen LogP contribution in [0, 0.1) is 0 Å². The van der Waals surface area contributed by atoms with Crippen LogP contribution in [0.5, 0.6) is 0 Å². The molecule has 8 heteroatoms. The molecule has 2 amide bonds. The lowest BCUT2D eigenvalue weighted by Crippen LogP contribution is -2.52. The van der Waals surface area contributed by atoms with Crippen molar-refractivity contribution < 1.29 is 9.59 Å². The molecule has 1 fully saturated rings. The number of amides is 2. The minimum atomic E-state index is -0.412. The van der Waals surface area contributed by atoms with Crippen molar-refractivity contribution in [3.8, 4) is 10.6 Å². The Bertz CT molecular complexity index is 847. The molecule has 1 atom stereocenters. The van der Waals surface area contributed by atoms with Gasteiger partial charge in [-0.25, -0.2) is 4.98 Å². The summed E-state index contributed by atoms with van der Waals surface area (Å²) in [5, 5.41) is 5.78. The second-order valence-corrected chi connectivity index (χ2v) is 10.2. The van der Waals surface area contributed by atoms with Gasteiger partial charge in [-0.15, -0.1) is 23.1 Å². The lowest BCUT2D eigenvalue weighted by Gasteiger charge is -2.27. The lowest BCUT2D eigenvalue weighted by molar-refractivity contribution is -0.138. The number of thioether (sulfide) groups is 1. The molecule has 0 aliphatic carbocycles. The van der Waals surface area contributed by atoms with Gasteiger partial charge in [0.1, 0.15) is 11.0 Å². The van der Waals surface area contributed by atoms with Crippen molar-refractivity contribution in [1.82, 2.24) is 15.2 Å². The predicted octanol–water partition coefficient (Wildman–Crippen LogP) is 3.93. The molecule has 1 aliphatic heterocycles. The van der Waals surface area contributed by atoms with Gasteiger partial charge in [0.25, 0.3) is 0 Å². The average molecular weight is 468 g/mol. The molecule has 1 N–H and O–H groups in total. The number of hydrogen-bond acceptors (Lipinski definition) is 5. The van der Waals surface area contributed by atoms with Crippen molar-refractivity contribution in [2.45, 2.75) is 38.8 Å². The number of halogens is 1. The molecule has 1 saturated heterocycles. The van der Waals surface area contributed by atoms with Gasteiger partial charge in [-0.1, -0.05) is 28.1 Å². The summed E-state index contributed by atoms with van der Waals surface area (Å²) in [7, 11) is 0. The lowest BCUT2D eigenvalue weighted by atomic mass is 10.1. The van der Waals surface area contributed by atoms with Crippen LogP contribution in [0.4, 0.5) is 0 Å². The molecule has 144 valence electrons. The van der Waals surface area contributed by atoms with Gasteiger partial charge in [-0.2, -0.15) is 0 Å². The largest absolute Gasteiger partial charge is 0.350 e. The summed E-state index contributed by atoms with van der Waals surface area (Å²) in [6.07, 6.45) is 0.213. The highest BCUT2D eigenvalue weighted by Crippen LogP contribution is 2.27. The first-order valence-electron chi connectivity index (χ1n) is 8.62. The van der Waals surface area contributed by atoms with E-state index in [2.05, 4.69) is 26.2 Å². The predicted molar refractivity (Wildman–Crippen MR) is 115 cm³/mol. The molecule has 1 aromatic carbocycles. The summed E-state index contributed by atoms with van der Waals surface area (Å²) in [6.45, 7) is 5.83. The van der Waals surface area contributed by atoms with E-state index in [0.717, 1.165) is 20.7 Å². The van der Waals surface area contributed by atoms with Gasteiger partial charge in [0.05, 0.1) is 18.0 Å². The zero-order valence-corrected chi connectivity index (χ0v) is 18.7. The van der Waals surface area contributed by atoms with Gasteiger partial charge in [-0.3, -0.25) is 9.59 Å². The van der Waals surface area contributed by atoms with Crippen LogP contribution < -0.4 is 5.32 Å². The third kappa shape index (κ3) is 5.33. The van der Waals surface area contributed by atoms with E-state index < -0.39 is 6.04 Å². The molecule has 27 heavy (non-hydrogen) atoms. The van der Waals surface area contributed by atoms with Gasteiger partial charge in [0, 0.05) is 26.7 Å². The van der Waals surface area contributed by atoms with Gasteiger partial charge in [-0.05, 0) is 32.9 Å². The van der Waals surface area contributed by atoms with E-state index in [4.69, 9.17) is 0 Å². The SMILES string of the molecule is CC(C)(C)NC(=O)[C@H]1CSCN1C(=O)Cc1csc(-c2cccc(Br)c2)n1. The zero-order valence-electron chi connectivity index (χ0n) is 15.5. The number of rotatable bonds is 4. The highest BCUT2D eigenvalue weighted by atomic mass is 79.9. The molecule has 5 nitrogen and oxygen atoms in total. The smallest absolute Gasteiger partial charge is 0.244 e. The number of nitrogens with one attached hydrogen (secondary N) is 1. The fraction of sp³-hybridized carbons (Fsp3) is 0.421. The van der Waals surface area contributed by atoms with E-state index in [9.17, 15) is 9.59 Å². The average Bonchev–Trinajstić information content (AvgIpc) is 3.22. The quantitative estimate of drug-likeness (QED) is 0.739. The maximum atomic E-state index is 12.8. The number of hydrogen-bond donors (Lipinski definition) is 1. The Kier molecular flexibility index (Phi) is 6.28. The van der Waals surface area contributed by atoms with Crippen LogP contribution >= 0.6 is 39.0 Å². The van der Waals surface area contributed by atoms with E-state index >= 15 is 0 Å². The molecule has 1 aliphatic rings. The molecule has 0 unspecified atom stereocenters. The van der Waals surface area contributed by atoms with Crippen molar-refractivity contribution in [2.75, 3.05) is 11.6 Å². The van der Waals surface area contributed by atoms with Crippen LogP contribution in [0.2, 0.25) is 0 Å². The minimum absolute atomic E-state index is 0.0554. The summed E-state index contributed by atoms with van der Waals surface area (Å²) >= 11 is 6.60. The van der Waals surface area contributed by atoms with Crippen LogP contribution in [0.1, 0.15) is 26.5 Å². The first-order chi connectivity index (χ1) is 12.7. The summed E-state index contributed by atoms with van der Waals surface area (Å²) in [5.74, 6) is 1.03. The third-order valence-corrected chi connectivity index (χ3v) is 6.40. The fourth-order valence-corrected chi connectivity index (χ4v) is 5.15. The van der Waals surface area contributed by atoms with E-state index in [-0.39, 0.29) is 23.8 Å². The van der Waals surface area contributed by atoms with Crippen LogP contribution in [0.15, 0.2) is 34.1 Å². The highest BCUT2D eigenvalue weighted by molar-refractivity contribution is 9.10. The molecule has 1 aromatic heterocycles. The number of aromatic nitrogens is 1. The molecule has 2 aromatic rings. The van der Waals surface area contributed by atoms with Gasteiger partial charge >= 0.3 is 0 Å². The fourth-order valence-electron chi connectivity index (χ4n) is 2.76. The number of benzene rings is 1. The van der Waals surface area contributed by atoms with Crippen LogP contribution in [0.3, 0.4) is 0 Å². The molecule has 3 rings (SSSR count). The Balaban J connectivity index is 1.67. The van der Waals surface area contributed by atoms with E-state index in [1.165, 1.54) is 11.3 Å². The Hall–Kier alpha value is -1.38. The molecule has 2 heterocycles. The zero-order chi connectivity index (χ0) is 19.6. The first kappa shape index (κ1) is 20.4. The van der Waals surface area contributed by atoms with Crippen molar-refractivity contribution >= 4 is 50.8 Å². The van der Waals surface area contributed by atoms with Crippen LogP contribution in [0.25, 0.3) is 10.6 Å². The second-order valence-electron chi connectivity index (χ2n) is 7.45. The maximum absolute atomic E-state index is 12.8. The Morgan fingerprint density at radius 2 is 2.15 bits per heavy atom. The number of thiazole rings is 1. The molecule has 0 bridgehead atoms. The van der Waals surface area contributed by atoms with Crippen molar-refractivity contribution in [3.63, 3.8) is 0 Å². The van der Waals surface area contributed by atoms with Crippen LogP contribution in [-0.2, 0) is 16.0 Å². The van der Waals surface area contributed by atoms with Crippen molar-refractivity contribution in [1.29, 1.82) is 0 Å². The van der Waals surface area contributed by atoms with E-state index in [1.54, 1.807) is 16.7 Å². The highest BCUT2D eigenvalue weighted by Gasteiger charge is 2.35. The summed E-state index contributed by atoms with van der Waals surface area (Å²) < 4.78 is 0.995. The summed E-state index contributed by atoms with van der Waals surface area (Å²) in [5.41, 5.74) is 1.45. The summed E-state index contributed by atoms with van der Waals surface area (Å²) in [6, 6.07) is 7.53. The topological polar surface area (TPSA) is 62.3 Å². The number of carbonyl (C=O) groups excluding carboxylic acids is 2. The Morgan fingerprint density at radius 1 is 1.37 bits per heavy atom. The first-order valence-corrected chi connectivity index (χ1v) is 11.5. The second kappa shape index (κ2) is 8.32. The molecular weight excluding hydrogens is 446 g/mol. The minimum Gasteiger partial charge on any atom is -0.350 e. The van der Waals surface area contributed by atoms with E-state index in [0.29, 0.717) is 11.6 Å². The Morgan fingerprint density at radius 3 is 2.85 bits per heavy atom. The Labute approximate surface area is 176 Å². The normalized spacial score (nSPS) is 17.2. The number of nitrogens with zero attached hydrogens (tertiary/aromatic N) is 2. The monoisotopic (exact) mass is 467 g/mol. The van der Waals surface area contributed by atoms with Crippen molar-refractivity contribution in [2.24, 2.45) is 0 Å². The van der Waals surface area contributed by atoms with Crippen LogP contribution in [-0.4, -0.2) is 44.9 Å². The standard InChI is InChI=1S/C19H22BrN3O2S2/c1-19(2,3)22-17(25)15-10-26-11-23(15)16(24)8-14-9-27-18(21-14)12-5-4-6-13(20)7-12/h4-7,9,15H,8,10-11H2,1-3H3,(H,22,25)/t15-/m1/s1. The number of carbonyl (C=O) groups is 2. The van der Waals surface area contributed by atoms with Gasteiger partial charge in [0.2, 0.25) is 11.8 Å².